The summed E-state index contributed by atoms with van der Waals surface area (Å²) >= 11 is 13.2. The predicted molar refractivity (Wildman–Crippen MR) is 72.4 cm³/mol. The second-order valence-corrected chi connectivity index (χ2v) is 8.03. The van der Waals surface area contributed by atoms with Gasteiger partial charge in [-0.25, -0.2) is 4.39 Å². The fourth-order valence-corrected chi connectivity index (χ4v) is 2.87. The number of fused-ring (bicyclic) bond motifs is 1. The first-order valence-electron chi connectivity index (χ1n) is 4.69. The maximum atomic E-state index is 13.3. The van der Waals surface area contributed by atoms with Crippen molar-refractivity contribution >= 4 is 48.6 Å². The number of rotatable bonds is 0. The van der Waals surface area contributed by atoms with Crippen molar-refractivity contribution in [2.45, 2.75) is 22.6 Å². The summed E-state index contributed by atoms with van der Waals surface area (Å²) in [5.74, 6) is -0.288. The molecule has 2 rings (SSSR count). The van der Waals surface area contributed by atoms with E-state index in [0.717, 1.165) is 11.1 Å². The molecule has 1 aliphatic rings. The van der Waals surface area contributed by atoms with E-state index < -0.39 is 8.77 Å². The Morgan fingerprint density at radius 3 is 2.56 bits per heavy atom. The van der Waals surface area contributed by atoms with Gasteiger partial charge in [-0.1, -0.05) is 43.5 Å². The molecule has 1 nitrogen and oxygen atoms in total. The summed E-state index contributed by atoms with van der Waals surface area (Å²) in [5.41, 5.74) is 1.01. The van der Waals surface area contributed by atoms with Crippen LogP contribution in [-0.2, 0) is 3.23 Å². The lowest BCUT2D eigenvalue weighted by molar-refractivity contribution is 0.484. The number of benzene rings is 1. The van der Waals surface area contributed by atoms with Crippen molar-refractivity contribution in [1.82, 2.24) is 0 Å². The van der Waals surface area contributed by atoms with Gasteiger partial charge >= 0.3 is 0 Å². The fraction of sp³-hybridized carbons (Fsp3) is 0.364. The first-order valence-corrected chi connectivity index (χ1v) is 6.66. The first kappa shape index (κ1) is 12.5. The Bertz CT molecular complexity index is 483. The summed E-state index contributed by atoms with van der Waals surface area (Å²) in [6.07, 6.45) is 0. The largest absolute Gasteiger partial charge is 0.264 e. The minimum absolute atomic E-state index is 0.288. The third-order valence-electron chi connectivity index (χ3n) is 2.69. The Balaban J connectivity index is 2.75. The van der Waals surface area contributed by atoms with Crippen LogP contribution in [0.1, 0.15) is 25.0 Å². The van der Waals surface area contributed by atoms with E-state index in [2.05, 4.69) is 36.9 Å². The fourth-order valence-electron chi connectivity index (χ4n) is 1.66. The smallest absolute Gasteiger partial charge is 0.131 e. The van der Waals surface area contributed by atoms with Gasteiger partial charge in [0.15, 0.2) is 0 Å². The highest BCUT2D eigenvalue weighted by Crippen LogP contribution is 2.53. The average molecular weight is 369 g/mol. The van der Waals surface area contributed by atoms with E-state index in [1.54, 1.807) is 6.07 Å². The van der Waals surface area contributed by atoms with Crippen molar-refractivity contribution in [1.29, 1.82) is 0 Å². The summed E-state index contributed by atoms with van der Waals surface area (Å²) in [6.45, 7) is 3.85. The van der Waals surface area contributed by atoms with Crippen LogP contribution in [-0.4, -0.2) is 10.7 Å². The summed E-state index contributed by atoms with van der Waals surface area (Å²) in [6, 6.07) is 4.49. The molecule has 0 spiro atoms. The van der Waals surface area contributed by atoms with Gasteiger partial charge in [0.05, 0.1) is 5.54 Å². The molecule has 0 atom stereocenters. The molecule has 16 heavy (non-hydrogen) atoms. The Morgan fingerprint density at radius 1 is 1.31 bits per heavy atom. The zero-order valence-corrected chi connectivity index (χ0v) is 12.6. The minimum Gasteiger partial charge on any atom is -0.264 e. The van der Waals surface area contributed by atoms with Gasteiger partial charge in [0.2, 0.25) is 0 Å². The maximum absolute atomic E-state index is 13.3. The van der Waals surface area contributed by atoms with E-state index >= 15 is 0 Å². The predicted octanol–water partition coefficient (Wildman–Crippen LogP) is 4.55. The summed E-state index contributed by atoms with van der Waals surface area (Å²) in [7, 11) is 0. The van der Waals surface area contributed by atoms with E-state index in [0.29, 0.717) is 5.17 Å². The molecular formula is C11H9Br2ClFN. The Morgan fingerprint density at radius 2 is 1.94 bits per heavy atom. The first-order chi connectivity index (χ1) is 7.25. The van der Waals surface area contributed by atoms with Crippen LogP contribution >= 0.6 is 43.5 Å². The monoisotopic (exact) mass is 367 g/mol. The Kier molecular flexibility index (Phi) is 2.96. The van der Waals surface area contributed by atoms with Crippen molar-refractivity contribution < 1.29 is 4.39 Å². The van der Waals surface area contributed by atoms with Gasteiger partial charge in [0.1, 0.15) is 14.2 Å². The molecule has 0 saturated heterocycles. The van der Waals surface area contributed by atoms with Crippen LogP contribution in [0.3, 0.4) is 0 Å². The molecule has 1 aliphatic heterocycles. The molecule has 0 N–H and O–H groups in total. The number of alkyl halides is 2. The number of hydrogen-bond donors (Lipinski definition) is 0. The summed E-state index contributed by atoms with van der Waals surface area (Å²) in [5, 5.41) is 0.412. The summed E-state index contributed by atoms with van der Waals surface area (Å²) < 4.78 is 12.7. The lowest BCUT2D eigenvalue weighted by Crippen LogP contribution is -2.40. The van der Waals surface area contributed by atoms with Crippen LogP contribution in [0.2, 0.25) is 0 Å². The van der Waals surface area contributed by atoms with Crippen LogP contribution in [0.5, 0.6) is 0 Å². The molecule has 0 bridgehead atoms. The highest BCUT2D eigenvalue weighted by molar-refractivity contribution is 9.24. The number of halogens is 4. The van der Waals surface area contributed by atoms with Crippen LogP contribution in [0, 0.1) is 5.82 Å². The molecule has 1 heterocycles. The van der Waals surface area contributed by atoms with Crippen LogP contribution in [0.25, 0.3) is 0 Å². The second kappa shape index (κ2) is 3.79. The molecule has 86 valence electrons. The van der Waals surface area contributed by atoms with Gasteiger partial charge in [0, 0.05) is 5.56 Å². The maximum Gasteiger partial charge on any atom is 0.131 e. The van der Waals surface area contributed by atoms with E-state index in [4.69, 9.17) is 11.6 Å². The van der Waals surface area contributed by atoms with E-state index in [1.165, 1.54) is 12.1 Å². The van der Waals surface area contributed by atoms with Gasteiger partial charge < -0.3 is 0 Å². The van der Waals surface area contributed by atoms with Gasteiger partial charge in [-0.3, -0.25) is 4.99 Å². The lowest BCUT2D eigenvalue weighted by Gasteiger charge is -2.39. The molecule has 1 aromatic carbocycles. The Hall–Kier alpha value is 0.0700. The van der Waals surface area contributed by atoms with Crippen LogP contribution < -0.4 is 0 Å². The molecule has 0 radical (unpaired) electrons. The van der Waals surface area contributed by atoms with Gasteiger partial charge in [-0.2, -0.15) is 0 Å². The SMILES string of the molecule is CC1(C)N=C(Cl)c2ccc(F)cc2C1(Br)Br. The average Bonchev–Trinajstić information content (AvgIpc) is 2.14. The molecule has 0 aliphatic carbocycles. The van der Waals surface area contributed by atoms with Crippen molar-refractivity contribution in [3.63, 3.8) is 0 Å². The zero-order valence-electron chi connectivity index (χ0n) is 8.69. The topological polar surface area (TPSA) is 12.4 Å². The molecule has 1 aromatic rings. The molecule has 5 heteroatoms. The lowest BCUT2D eigenvalue weighted by atomic mass is 9.89. The summed E-state index contributed by atoms with van der Waals surface area (Å²) in [4.78, 5) is 4.40. The quantitative estimate of drug-likeness (QED) is 0.595. The number of hydrogen-bond acceptors (Lipinski definition) is 1. The molecule has 0 amide bonds. The normalized spacial score (nSPS) is 21.2. The van der Waals surface area contributed by atoms with Crippen molar-refractivity contribution in [3.8, 4) is 0 Å². The molecule has 0 saturated carbocycles. The Labute approximate surface area is 115 Å². The minimum atomic E-state index is -0.608. The van der Waals surface area contributed by atoms with E-state index in [-0.39, 0.29) is 5.82 Å². The van der Waals surface area contributed by atoms with Gasteiger partial charge in [-0.05, 0) is 37.6 Å². The van der Waals surface area contributed by atoms with Gasteiger partial charge in [0.25, 0.3) is 0 Å². The van der Waals surface area contributed by atoms with Crippen LogP contribution in [0.15, 0.2) is 23.2 Å². The van der Waals surface area contributed by atoms with E-state index in [9.17, 15) is 4.39 Å². The van der Waals surface area contributed by atoms with Gasteiger partial charge in [-0.15, -0.1) is 0 Å². The van der Waals surface area contributed by atoms with Crippen molar-refractivity contribution in [2.75, 3.05) is 0 Å². The molecule has 0 fully saturated rings. The molecular weight excluding hydrogens is 360 g/mol. The molecule has 0 aromatic heterocycles. The standard InChI is InChI=1S/C11H9Br2ClFN/c1-10(2)11(12,13)8-5-6(15)3-4-7(8)9(14)16-10/h3-5H,1-2H3. The zero-order chi connectivity index (χ0) is 12.1. The third kappa shape index (κ3) is 1.75. The number of aliphatic imine (C=N–C) groups is 1. The van der Waals surface area contributed by atoms with E-state index in [1.807, 2.05) is 13.8 Å². The third-order valence-corrected chi connectivity index (χ3v) is 5.77. The van der Waals surface area contributed by atoms with Crippen LogP contribution in [0.4, 0.5) is 4.39 Å². The molecule has 0 unspecified atom stereocenters. The second-order valence-electron chi connectivity index (χ2n) is 4.23. The van der Waals surface area contributed by atoms with Crippen molar-refractivity contribution in [3.05, 3.63) is 35.1 Å². The number of nitrogens with zero attached hydrogens (tertiary/aromatic N) is 1. The highest BCUT2D eigenvalue weighted by Gasteiger charge is 2.47. The highest BCUT2D eigenvalue weighted by atomic mass is 79.9. The van der Waals surface area contributed by atoms with Crippen molar-refractivity contribution in [2.24, 2.45) is 4.99 Å².